The summed E-state index contributed by atoms with van der Waals surface area (Å²) in [4.78, 5) is 25.4. The van der Waals surface area contributed by atoms with E-state index < -0.39 is 35.0 Å². The second-order valence-electron chi connectivity index (χ2n) is 5.65. The van der Waals surface area contributed by atoms with Crippen LogP contribution in [0.2, 0.25) is 5.02 Å². The Morgan fingerprint density at radius 1 is 1.12 bits per heavy atom. The van der Waals surface area contributed by atoms with E-state index in [1.807, 2.05) is 30.3 Å². The number of carbonyl (C=O) groups is 2. The molecule has 0 aliphatic heterocycles. The highest BCUT2D eigenvalue weighted by molar-refractivity contribution is 6.31. The van der Waals surface area contributed by atoms with Gasteiger partial charge in [-0.15, -0.1) is 0 Å². The largest absolute Gasteiger partial charge is 0.417 e. The first-order chi connectivity index (χ1) is 12.2. The first-order valence-electron chi connectivity index (χ1n) is 7.61. The van der Waals surface area contributed by atoms with Crippen LogP contribution in [0.1, 0.15) is 17.5 Å². The van der Waals surface area contributed by atoms with Crippen molar-refractivity contribution >= 4 is 29.1 Å². The van der Waals surface area contributed by atoms with E-state index in [0.29, 0.717) is 6.54 Å². The van der Waals surface area contributed by atoms with E-state index in [4.69, 9.17) is 11.6 Å². The van der Waals surface area contributed by atoms with Crippen LogP contribution in [-0.2, 0) is 22.3 Å². The minimum Gasteiger partial charge on any atom is -0.341 e. The minimum absolute atomic E-state index is 0.0785. The van der Waals surface area contributed by atoms with Crippen LogP contribution in [0, 0.1) is 0 Å². The predicted octanol–water partition coefficient (Wildman–Crippen LogP) is 4.35. The lowest BCUT2D eigenvalue weighted by Crippen LogP contribution is -2.30. The van der Waals surface area contributed by atoms with Gasteiger partial charge < -0.3 is 10.2 Å². The normalized spacial score (nSPS) is 11.1. The van der Waals surface area contributed by atoms with E-state index in [-0.39, 0.29) is 5.69 Å². The first kappa shape index (κ1) is 19.8. The smallest absolute Gasteiger partial charge is 0.341 e. The minimum atomic E-state index is -4.64. The van der Waals surface area contributed by atoms with Crippen molar-refractivity contribution < 1.29 is 22.8 Å². The molecule has 2 aromatic rings. The van der Waals surface area contributed by atoms with Crippen molar-refractivity contribution in [2.75, 3.05) is 12.4 Å². The van der Waals surface area contributed by atoms with Crippen molar-refractivity contribution in [2.24, 2.45) is 0 Å². The summed E-state index contributed by atoms with van der Waals surface area (Å²) in [6.45, 7) is 0.326. The van der Waals surface area contributed by atoms with Crippen molar-refractivity contribution in [3.63, 3.8) is 0 Å². The number of nitrogens with one attached hydrogen (secondary N) is 1. The van der Waals surface area contributed by atoms with Gasteiger partial charge in [-0.25, -0.2) is 0 Å². The van der Waals surface area contributed by atoms with Gasteiger partial charge in [0, 0.05) is 19.3 Å². The SMILES string of the molecule is CN(Cc1ccccc1)C(=O)CC(=O)Nc1ccc(Cl)c(C(F)(F)F)c1. The highest BCUT2D eigenvalue weighted by atomic mass is 35.5. The monoisotopic (exact) mass is 384 g/mol. The standard InChI is InChI=1S/C18H16ClF3N2O2/c1-24(11-12-5-3-2-4-6-12)17(26)10-16(25)23-13-7-8-15(19)14(9-13)18(20,21)22/h2-9H,10-11H2,1H3,(H,23,25). The van der Waals surface area contributed by atoms with Crippen LogP contribution < -0.4 is 5.32 Å². The Balaban J connectivity index is 1.97. The van der Waals surface area contributed by atoms with Crippen molar-refractivity contribution in [2.45, 2.75) is 19.1 Å². The lowest BCUT2D eigenvalue weighted by Gasteiger charge is -2.17. The zero-order chi connectivity index (χ0) is 19.3. The summed E-state index contributed by atoms with van der Waals surface area (Å²) in [5.74, 6) is -1.15. The second-order valence-corrected chi connectivity index (χ2v) is 6.06. The Kier molecular flexibility index (Phi) is 6.26. The number of amides is 2. The Hall–Kier alpha value is -2.54. The Labute approximate surface area is 153 Å². The molecule has 2 amide bonds. The van der Waals surface area contributed by atoms with E-state index in [1.165, 1.54) is 11.0 Å². The van der Waals surface area contributed by atoms with Gasteiger partial charge in [0.1, 0.15) is 6.42 Å². The molecule has 0 radical (unpaired) electrons. The van der Waals surface area contributed by atoms with Gasteiger partial charge in [0.05, 0.1) is 10.6 Å². The number of alkyl halides is 3. The lowest BCUT2D eigenvalue weighted by molar-refractivity contribution is -0.137. The molecule has 0 saturated carbocycles. The van der Waals surface area contributed by atoms with Gasteiger partial charge in [-0.05, 0) is 23.8 Å². The Bertz CT molecular complexity index is 795. The maximum Gasteiger partial charge on any atom is 0.417 e. The van der Waals surface area contributed by atoms with Crippen LogP contribution in [0.5, 0.6) is 0 Å². The summed E-state index contributed by atoms with van der Waals surface area (Å²) < 4.78 is 38.5. The predicted molar refractivity (Wildman–Crippen MR) is 92.6 cm³/mol. The van der Waals surface area contributed by atoms with Gasteiger partial charge in [-0.2, -0.15) is 13.2 Å². The summed E-state index contributed by atoms with van der Waals surface area (Å²) in [7, 11) is 1.55. The number of nitrogens with zero attached hydrogens (tertiary/aromatic N) is 1. The number of anilines is 1. The van der Waals surface area contributed by atoms with Gasteiger partial charge in [0.2, 0.25) is 11.8 Å². The number of hydrogen-bond donors (Lipinski definition) is 1. The summed E-state index contributed by atoms with van der Waals surface area (Å²) in [5, 5.41) is 1.82. The molecule has 2 rings (SSSR count). The van der Waals surface area contributed by atoms with Crippen molar-refractivity contribution in [1.82, 2.24) is 4.90 Å². The van der Waals surface area contributed by atoms with E-state index in [9.17, 15) is 22.8 Å². The number of rotatable bonds is 5. The van der Waals surface area contributed by atoms with Crippen LogP contribution in [0.25, 0.3) is 0 Å². The molecule has 0 heterocycles. The van der Waals surface area contributed by atoms with E-state index in [0.717, 1.165) is 17.7 Å². The molecule has 8 heteroatoms. The summed E-state index contributed by atoms with van der Waals surface area (Å²) in [6.07, 6.45) is -5.11. The average molecular weight is 385 g/mol. The van der Waals surface area contributed by atoms with Crippen LogP contribution >= 0.6 is 11.6 Å². The Morgan fingerprint density at radius 3 is 2.38 bits per heavy atom. The highest BCUT2D eigenvalue weighted by Crippen LogP contribution is 2.36. The van der Waals surface area contributed by atoms with E-state index >= 15 is 0 Å². The van der Waals surface area contributed by atoms with Crippen molar-refractivity contribution in [3.05, 3.63) is 64.7 Å². The number of carbonyl (C=O) groups excluding carboxylic acids is 2. The maximum absolute atomic E-state index is 12.8. The van der Waals surface area contributed by atoms with E-state index in [1.54, 1.807) is 7.05 Å². The average Bonchev–Trinajstić information content (AvgIpc) is 2.56. The highest BCUT2D eigenvalue weighted by Gasteiger charge is 2.33. The molecular weight excluding hydrogens is 369 g/mol. The first-order valence-corrected chi connectivity index (χ1v) is 7.99. The third-order valence-electron chi connectivity index (χ3n) is 3.56. The Morgan fingerprint density at radius 2 is 1.77 bits per heavy atom. The molecule has 0 aliphatic carbocycles. The molecular formula is C18H16ClF3N2O2. The molecule has 0 bridgehead atoms. The maximum atomic E-state index is 12.8. The fourth-order valence-corrected chi connectivity index (χ4v) is 2.47. The quantitative estimate of drug-likeness (QED) is 0.779. The number of hydrogen-bond acceptors (Lipinski definition) is 2. The van der Waals surface area contributed by atoms with Crippen LogP contribution in [0.15, 0.2) is 48.5 Å². The summed E-state index contributed by atoms with van der Waals surface area (Å²) in [6, 6.07) is 12.2. The van der Waals surface area contributed by atoms with Crippen LogP contribution in [0.3, 0.4) is 0 Å². The molecule has 0 saturated heterocycles. The number of benzene rings is 2. The fourth-order valence-electron chi connectivity index (χ4n) is 2.24. The zero-order valence-electron chi connectivity index (χ0n) is 13.8. The molecule has 138 valence electrons. The molecule has 2 aromatic carbocycles. The molecule has 0 aromatic heterocycles. The lowest BCUT2D eigenvalue weighted by atomic mass is 10.2. The van der Waals surface area contributed by atoms with Gasteiger partial charge in [0.15, 0.2) is 0 Å². The fraction of sp³-hybridized carbons (Fsp3) is 0.222. The molecule has 1 N–H and O–H groups in total. The molecule has 26 heavy (non-hydrogen) atoms. The van der Waals surface area contributed by atoms with E-state index in [2.05, 4.69) is 5.32 Å². The molecule has 0 spiro atoms. The topological polar surface area (TPSA) is 49.4 Å². The van der Waals surface area contributed by atoms with Gasteiger partial charge in [-0.3, -0.25) is 9.59 Å². The summed E-state index contributed by atoms with van der Waals surface area (Å²) >= 11 is 5.53. The molecule has 0 atom stereocenters. The van der Waals surface area contributed by atoms with Crippen molar-refractivity contribution in [3.8, 4) is 0 Å². The van der Waals surface area contributed by atoms with Crippen molar-refractivity contribution in [1.29, 1.82) is 0 Å². The van der Waals surface area contributed by atoms with Gasteiger partial charge in [-0.1, -0.05) is 41.9 Å². The third-order valence-corrected chi connectivity index (χ3v) is 3.89. The van der Waals surface area contributed by atoms with Gasteiger partial charge in [0.25, 0.3) is 0 Å². The molecule has 0 aliphatic rings. The van der Waals surface area contributed by atoms with Gasteiger partial charge >= 0.3 is 6.18 Å². The zero-order valence-corrected chi connectivity index (χ0v) is 14.6. The van der Waals surface area contributed by atoms with Crippen LogP contribution in [0.4, 0.5) is 18.9 Å². The second kappa shape index (κ2) is 8.23. The third kappa shape index (κ3) is 5.49. The molecule has 4 nitrogen and oxygen atoms in total. The number of halogens is 4. The molecule has 0 fully saturated rings. The van der Waals surface area contributed by atoms with Crippen LogP contribution in [-0.4, -0.2) is 23.8 Å². The molecule has 0 unspecified atom stereocenters. The summed E-state index contributed by atoms with van der Waals surface area (Å²) in [5.41, 5.74) is -0.231.